The molecule has 1 aliphatic heterocycles. The summed E-state index contributed by atoms with van der Waals surface area (Å²) < 4.78 is 15.1. The van der Waals surface area contributed by atoms with Crippen molar-refractivity contribution in [1.29, 1.82) is 0 Å². The van der Waals surface area contributed by atoms with Gasteiger partial charge in [0.15, 0.2) is 0 Å². The van der Waals surface area contributed by atoms with Crippen molar-refractivity contribution < 1.29 is 14.3 Å². The Morgan fingerprint density at radius 3 is 2.86 bits per heavy atom. The van der Waals surface area contributed by atoms with E-state index < -0.39 is 5.82 Å². The van der Waals surface area contributed by atoms with E-state index in [2.05, 4.69) is 15.7 Å². The molecule has 1 aromatic heterocycles. The van der Waals surface area contributed by atoms with Crippen molar-refractivity contribution in [1.82, 2.24) is 14.7 Å². The molecule has 0 saturated carbocycles. The lowest BCUT2D eigenvalue weighted by molar-refractivity contribution is 0.149. The Kier molecular flexibility index (Phi) is 6.10. The van der Waals surface area contributed by atoms with E-state index >= 15 is 0 Å². The molecule has 0 saturated heterocycles. The van der Waals surface area contributed by atoms with E-state index in [0.29, 0.717) is 31.9 Å². The molecular formula is C19H25ClFN5O2. The zero-order valence-corrected chi connectivity index (χ0v) is 16.8. The molecule has 0 spiro atoms. The van der Waals surface area contributed by atoms with Crippen LogP contribution in [0.3, 0.4) is 0 Å². The Morgan fingerprint density at radius 2 is 2.18 bits per heavy atom. The summed E-state index contributed by atoms with van der Waals surface area (Å²) in [7, 11) is 0. The molecule has 1 aliphatic rings. The molecule has 1 atom stereocenters. The number of aromatic nitrogens is 2. The van der Waals surface area contributed by atoms with Crippen LogP contribution in [0.15, 0.2) is 24.3 Å². The number of carbonyl (C=O) groups excluding carboxylic acids is 1. The van der Waals surface area contributed by atoms with Crippen LogP contribution in [0.2, 0.25) is 5.02 Å². The normalized spacial score (nSPS) is 15.7. The second-order valence-corrected chi connectivity index (χ2v) is 7.81. The molecule has 3 rings (SSSR count). The second-order valence-electron chi connectivity index (χ2n) is 7.40. The number of anilines is 2. The summed E-state index contributed by atoms with van der Waals surface area (Å²) in [4.78, 5) is 14.2. The molecule has 1 unspecified atom stereocenters. The molecule has 28 heavy (non-hydrogen) atoms. The summed E-state index contributed by atoms with van der Waals surface area (Å²) in [5, 5.41) is 20.0. The van der Waals surface area contributed by atoms with Crippen molar-refractivity contribution in [3.05, 3.63) is 40.8 Å². The summed E-state index contributed by atoms with van der Waals surface area (Å²) in [6, 6.07) is 5.72. The molecule has 0 bridgehead atoms. The van der Waals surface area contributed by atoms with Gasteiger partial charge in [0.05, 0.1) is 30.4 Å². The molecule has 1 aromatic carbocycles. The highest BCUT2D eigenvalue weighted by Crippen LogP contribution is 2.23. The van der Waals surface area contributed by atoms with Crippen molar-refractivity contribution in [3.63, 3.8) is 0 Å². The number of carbonyl (C=O) groups is 1. The number of benzene rings is 1. The Bertz CT molecular complexity index is 853. The predicted octanol–water partition coefficient (Wildman–Crippen LogP) is 3.54. The van der Waals surface area contributed by atoms with Gasteiger partial charge in [0.25, 0.3) is 0 Å². The van der Waals surface area contributed by atoms with E-state index in [4.69, 9.17) is 11.6 Å². The van der Waals surface area contributed by atoms with Crippen LogP contribution < -0.4 is 10.6 Å². The average Bonchev–Trinajstić information content (AvgIpc) is 3.11. The molecule has 9 heteroatoms. The third-order valence-electron chi connectivity index (χ3n) is 5.19. The van der Waals surface area contributed by atoms with Gasteiger partial charge in [-0.3, -0.25) is 4.68 Å². The smallest absolute Gasteiger partial charge is 0.322 e. The van der Waals surface area contributed by atoms with Crippen LogP contribution in [0.25, 0.3) is 0 Å². The molecule has 7 nitrogen and oxygen atoms in total. The third kappa shape index (κ3) is 4.56. The van der Waals surface area contributed by atoms with Crippen molar-refractivity contribution in [3.8, 4) is 0 Å². The van der Waals surface area contributed by atoms with E-state index in [-0.39, 0.29) is 23.1 Å². The Labute approximate surface area is 168 Å². The van der Waals surface area contributed by atoms with E-state index in [0.717, 1.165) is 17.9 Å². The first-order valence-electron chi connectivity index (χ1n) is 9.26. The highest BCUT2D eigenvalue weighted by molar-refractivity contribution is 6.31. The van der Waals surface area contributed by atoms with Gasteiger partial charge < -0.3 is 20.6 Å². The number of amides is 2. The number of nitrogens with zero attached hydrogens (tertiary/aromatic N) is 3. The summed E-state index contributed by atoms with van der Waals surface area (Å²) >= 11 is 5.76. The van der Waals surface area contributed by atoms with Gasteiger partial charge in [-0.2, -0.15) is 5.10 Å². The summed E-state index contributed by atoms with van der Waals surface area (Å²) in [6.07, 6.45) is 0.853. The fraction of sp³-hybridized carbons (Fsp3) is 0.474. The van der Waals surface area contributed by atoms with Gasteiger partial charge in [-0.15, -0.1) is 0 Å². The number of rotatable bonds is 6. The predicted molar refractivity (Wildman–Crippen MR) is 107 cm³/mol. The van der Waals surface area contributed by atoms with Crippen LogP contribution in [-0.4, -0.2) is 45.5 Å². The van der Waals surface area contributed by atoms with Gasteiger partial charge in [0, 0.05) is 30.3 Å². The molecule has 2 aromatic rings. The van der Waals surface area contributed by atoms with Crippen LogP contribution in [0.5, 0.6) is 0 Å². The van der Waals surface area contributed by atoms with Crippen LogP contribution in [0, 0.1) is 11.2 Å². The van der Waals surface area contributed by atoms with Crippen LogP contribution in [-0.2, 0) is 13.1 Å². The fourth-order valence-electron chi connectivity index (χ4n) is 2.90. The SMILES string of the molecule is CCC(C)(CO)CNc1cc2n(n1)CCN(C(=O)Nc1ccc(F)c(Cl)c1)C2. The number of aliphatic hydroxyl groups is 1. The average molecular weight is 410 g/mol. The summed E-state index contributed by atoms with van der Waals surface area (Å²) in [5.41, 5.74) is 1.16. The van der Waals surface area contributed by atoms with Crippen molar-refractivity contribution in [2.75, 3.05) is 30.3 Å². The van der Waals surface area contributed by atoms with Gasteiger partial charge in [0.2, 0.25) is 0 Å². The molecule has 0 fully saturated rings. The third-order valence-corrected chi connectivity index (χ3v) is 5.48. The number of hydrogen-bond acceptors (Lipinski definition) is 4. The number of fused-ring (bicyclic) bond motifs is 1. The largest absolute Gasteiger partial charge is 0.396 e. The van der Waals surface area contributed by atoms with Crippen LogP contribution >= 0.6 is 11.6 Å². The first-order valence-corrected chi connectivity index (χ1v) is 9.64. The zero-order chi connectivity index (χ0) is 20.3. The van der Waals surface area contributed by atoms with E-state index in [1.54, 1.807) is 4.90 Å². The first-order chi connectivity index (χ1) is 13.3. The number of halogens is 2. The fourth-order valence-corrected chi connectivity index (χ4v) is 3.08. The highest BCUT2D eigenvalue weighted by atomic mass is 35.5. The van der Waals surface area contributed by atoms with Gasteiger partial charge in [-0.05, 0) is 24.6 Å². The number of urea groups is 1. The molecule has 2 heterocycles. The lowest BCUT2D eigenvalue weighted by Crippen LogP contribution is -2.40. The second kappa shape index (κ2) is 8.36. The van der Waals surface area contributed by atoms with E-state index in [9.17, 15) is 14.3 Å². The molecule has 0 aliphatic carbocycles. The molecule has 3 N–H and O–H groups in total. The zero-order valence-electron chi connectivity index (χ0n) is 16.0. The first kappa shape index (κ1) is 20.4. The molecule has 2 amide bonds. The Morgan fingerprint density at radius 1 is 1.39 bits per heavy atom. The van der Waals surface area contributed by atoms with Crippen molar-refractivity contribution >= 4 is 29.1 Å². The Hall–Kier alpha value is -2.32. The number of hydrogen-bond donors (Lipinski definition) is 3. The minimum Gasteiger partial charge on any atom is -0.396 e. The topological polar surface area (TPSA) is 82.4 Å². The maximum Gasteiger partial charge on any atom is 0.322 e. The lowest BCUT2D eigenvalue weighted by atomic mass is 9.89. The van der Waals surface area contributed by atoms with Gasteiger partial charge >= 0.3 is 6.03 Å². The standard InChI is InChI=1S/C19H25ClFN5O2/c1-3-19(2,12-27)11-22-17-9-14-10-25(6-7-26(14)24-17)18(28)23-13-4-5-16(21)15(20)8-13/h4-5,8-9,27H,3,6-7,10-12H2,1-2H3,(H,22,24)(H,23,28). The molecule has 0 radical (unpaired) electrons. The van der Waals surface area contributed by atoms with Crippen LogP contribution in [0.4, 0.5) is 20.7 Å². The lowest BCUT2D eigenvalue weighted by Gasteiger charge is -2.27. The van der Waals surface area contributed by atoms with Gasteiger partial charge in [-0.25, -0.2) is 9.18 Å². The Balaban J connectivity index is 1.61. The van der Waals surface area contributed by atoms with E-state index in [1.807, 2.05) is 24.6 Å². The highest BCUT2D eigenvalue weighted by Gasteiger charge is 2.24. The quantitative estimate of drug-likeness (QED) is 0.681. The van der Waals surface area contributed by atoms with Crippen molar-refractivity contribution in [2.24, 2.45) is 5.41 Å². The number of nitrogens with one attached hydrogen (secondary N) is 2. The number of aliphatic hydroxyl groups excluding tert-OH is 1. The monoisotopic (exact) mass is 409 g/mol. The molecule has 152 valence electrons. The van der Waals surface area contributed by atoms with Crippen molar-refractivity contribution in [2.45, 2.75) is 33.4 Å². The van der Waals surface area contributed by atoms with E-state index in [1.165, 1.54) is 18.2 Å². The van der Waals surface area contributed by atoms with Crippen LogP contribution in [0.1, 0.15) is 26.0 Å². The summed E-state index contributed by atoms with van der Waals surface area (Å²) in [5.74, 6) is 0.206. The minimum atomic E-state index is -0.526. The van der Waals surface area contributed by atoms with Gasteiger partial charge in [0.1, 0.15) is 11.6 Å². The molecular weight excluding hydrogens is 385 g/mol. The van der Waals surface area contributed by atoms with Gasteiger partial charge in [-0.1, -0.05) is 25.4 Å². The maximum atomic E-state index is 13.3. The maximum absolute atomic E-state index is 13.3. The summed E-state index contributed by atoms with van der Waals surface area (Å²) in [6.45, 7) is 6.29. The minimum absolute atomic E-state index is 0.0350.